The Morgan fingerprint density at radius 2 is 1.71 bits per heavy atom. The Hall–Kier alpha value is -2.04. The molecule has 6 heteroatoms. The van der Waals surface area contributed by atoms with Crippen LogP contribution in [-0.4, -0.2) is 23.0 Å². The first kappa shape index (κ1) is 18.3. The van der Waals surface area contributed by atoms with Crippen LogP contribution in [0.3, 0.4) is 0 Å². The van der Waals surface area contributed by atoms with Crippen LogP contribution in [-0.2, 0) is 22.4 Å². The molecule has 2 rings (SSSR count). The summed E-state index contributed by atoms with van der Waals surface area (Å²) in [5.74, 6) is -1.19. The van der Waals surface area contributed by atoms with Gasteiger partial charge in [-0.25, -0.2) is 0 Å². The predicted molar refractivity (Wildman–Crippen MR) is 94.5 cm³/mol. The third-order valence-corrected chi connectivity index (χ3v) is 4.20. The highest BCUT2D eigenvalue weighted by Gasteiger charge is 2.17. The number of aliphatic carboxylic acids is 1. The van der Waals surface area contributed by atoms with Gasteiger partial charge in [0.15, 0.2) is 0 Å². The van der Waals surface area contributed by atoms with Crippen molar-refractivity contribution in [1.82, 2.24) is 5.32 Å². The lowest BCUT2D eigenvalue weighted by Crippen LogP contribution is -2.38. The topological polar surface area (TPSA) is 66.4 Å². The smallest absolute Gasteiger partial charge is 0.305 e. The van der Waals surface area contributed by atoms with Gasteiger partial charge in [-0.05, 0) is 29.7 Å². The quantitative estimate of drug-likeness (QED) is 0.785. The molecule has 0 saturated carbocycles. The Bertz CT molecular complexity index is 719. The average Bonchev–Trinajstić information content (AvgIpc) is 2.51. The third-order valence-electron chi connectivity index (χ3n) is 3.46. The van der Waals surface area contributed by atoms with E-state index in [2.05, 4.69) is 5.32 Å². The van der Waals surface area contributed by atoms with Crippen molar-refractivity contribution in [3.8, 4) is 0 Å². The first-order chi connectivity index (χ1) is 11.4. The number of carbonyl (C=O) groups excluding carboxylic acids is 1. The molecule has 0 bridgehead atoms. The van der Waals surface area contributed by atoms with Crippen LogP contribution in [0.5, 0.6) is 0 Å². The van der Waals surface area contributed by atoms with E-state index in [1.165, 1.54) is 0 Å². The number of benzene rings is 2. The second-order valence-corrected chi connectivity index (χ2v) is 6.29. The minimum absolute atomic E-state index is 0.166. The first-order valence-corrected chi connectivity index (χ1v) is 8.18. The van der Waals surface area contributed by atoms with Crippen LogP contribution in [0.15, 0.2) is 48.5 Å². The van der Waals surface area contributed by atoms with Gasteiger partial charge in [-0.3, -0.25) is 9.59 Å². The highest BCUT2D eigenvalue weighted by atomic mass is 35.5. The summed E-state index contributed by atoms with van der Waals surface area (Å²) in [7, 11) is 0. The summed E-state index contributed by atoms with van der Waals surface area (Å²) < 4.78 is 0. The lowest BCUT2D eigenvalue weighted by Gasteiger charge is -2.17. The van der Waals surface area contributed by atoms with Gasteiger partial charge in [0.05, 0.1) is 22.9 Å². The van der Waals surface area contributed by atoms with Gasteiger partial charge in [0.1, 0.15) is 0 Å². The maximum atomic E-state index is 12.2. The molecule has 0 fully saturated rings. The number of halogens is 2. The molecule has 2 aromatic rings. The molecule has 24 heavy (non-hydrogen) atoms. The molecule has 0 heterocycles. The maximum absolute atomic E-state index is 12.2. The number of carboxylic acid groups (broad SMARTS) is 1. The average molecular weight is 366 g/mol. The fraction of sp³-hybridized carbons (Fsp3) is 0.222. The Morgan fingerprint density at radius 1 is 1.00 bits per heavy atom. The number of nitrogens with one attached hydrogen (secondary N) is 1. The lowest BCUT2D eigenvalue weighted by molar-refractivity contribution is -0.137. The van der Waals surface area contributed by atoms with Crippen molar-refractivity contribution in [2.75, 3.05) is 0 Å². The molecule has 1 amide bonds. The van der Waals surface area contributed by atoms with Gasteiger partial charge in [0, 0.05) is 6.04 Å². The summed E-state index contributed by atoms with van der Waals surface area (Å²) in [5, 5.41) is 12.7. The number of hydrogen-bond acceptors (Lipinski definition) is 2. The Balaban J connectivity index is 2.03. The molecule has 0 aliphatic rings. The van der Waals surface area contributed by atoms with Crippen LogP contribution in [0.25, 0.3) is 0 Å². The second-order valence-electron chi connectivity index (χ2n) is 5.48. The summed E-state index contributed by atoms with van der Waals surface area (Å²) in [5.41, 5.74) is 1.69. The van der Waals surface area contributed by atoms with Crippen molar-refractivity contribution in [3.63, 3.8) is 0 Å². The molecule has 2 N–H and O–H groups in total. The summed E-state index contributed by atoms with van der Waals surface area (Å²) in [4.78, 5) is 23.2. The van der Waals surface area contributed by atoms with Gasteiger partial charge < -0.3 is 10.4 Å². The van der Waals surface area contributed by atoms with Gasteiger partial charge >= 0.3 is 5.97 Å². The molecular formula is C18H17Cl2NO3. The monoisotopic (exact) mass is 365 g/mol. The SMILES string of the molecule is O=C(O)C[C@H](Cc1ccc(Cl)c(Cl)c1)NC(=O)Cc1ccccc1. The molecule has 1 atom stereocenters. The molecule has 0 saturated heterocycles. The molecule has 0 aliphatic heterocycles. The highest BCUT2D eigenvalue weighted by Crippen LogP contribution is 2.23. The van der Waals surface area contributed by atoms with E-state index in [0.717, 1.165) is 11.1 Å². The van der Waals surface area contributed by atoms with Crippen LogP contribution in [0.1, 0.15) is 17.5 Å². The van der Waals surface area contributed by atoms with Gasteiger partial charge in [0.25, 0.3) is 0 Å². The Morgan fingerprint density at radius 3 is 2.33 bits per heavy atom. The van der Waals surface area contributed by atoms with Crippen LogP contribution in [0, 0.1) is 0 Å². The van der Waals surface area contributed by atoms with Crippen molar-refractivity contribution < 1.29 is 14.7 Å². The molecular weight excluding hydrogens is 349 g/mol. The molecule has 0 aliphatic carbocycles. The summed E-state index contributed by atoms with van der Waals surface area (Å²) in [6.07, 6.45) is 0.406. The number of carbonyl (C=O) groups is 2. The van der Waals surface area contributed by atoms with Crippen LogP contribution < -0.4 is 5.32 Å². The minimum Gasteiger partial charge on any atom is -0.481 e. The number of hydrogen-bond donors (Lipinski definition) is 2. The zero-order valence-corrected chi connectivity index (χ0v) is 14.3. The van der Waals surface area contributed by atoms with Crippen molar-refractivity contribution in [1.29, 1.82) is 0 Å². The molecule has 0 radical (unpaired) electrons. The van der Waals surface area contributed by atoms with E-state index < -0.39 is 12.0 Å². The molecule has 126 valence electrons. The largest absolute Gasteiger partial charge is 0.481 e. The van der Waals surface area contributed by atoms with Crippen molar-refractivity contribution >= 4 is 35.1 Å². The summed E-state index contributed by atoms with van der Waals surface area (Å²) in [6.45, 7) is 0. The van der Waals surface area contributed by atoms with Crippen LogP contribution in [0.4, 0.5) is 0 Å². The van der Waals surface area contributed by atoms with Crippen molar-refractivity contribution in [2.24, 2.45) is 0 Å². The molecule has 4 nitrogen and oxygen atoms in total. The fourth-order valence-electron chi connectivity index (χ4n) is 2.40. The van der Waals surface area contributed by atoms with Crippen LogP contribution in [0.2, 0.25) is 10.0 Å². The van der Waals surface area contributed by atoms with E-state index in [-0.39, 0.29) is 18.7 Å². The maximum Gasteiger partial charge on any atom is 0.305 e. The van der Waals surface area contributed by atoms with Crippen molar-refractivity contribution in [2.45, 2.75) is 25.3 Å². The van der Waals surface area contributed by atoms with Gasteiger partial charge in [-0.1, -0.05) is 59.6 Å². The zero-order valence-electron chi connectivity index (χ0n) is 12.8. The van der Waals surface area contributed by atoms with E-state index in [1.807, 2.05) is 30.3 Å². The Labute approximate surface area is 150 Å². The number of amides is 1. The van der Waals surface area contributed by atoms with Crippen LogP contribution >= 0.6 is 23.2 Å². The van der Waals surface area contributed by atoms with Gasteiger partial charge in [0.2, 0.25) is 5.91 Å². The Kier molecular flexibility index (Phi) is 6.64. The highest BCUT2D eigenvalue weighted by molar-refractivity contribution is 6.42. The molecule has 0 unspecified atom stereocenters. The standard InChI is InChI=1S/C18H17Cl2NO3/c19-15-7-6-13(9-16(15)20)8-14(11-18(23)24)21-17(22)10-12-4-2-1-3-5-12/h1-7,9,14H,8,10-11H2,(H,21,22)(H,23,24)/t14-/m0/s1. The normalized spacial score (nSPS) is 11.8. The number of rotatable bonds is 7. The van der Waals surface area contributed by atoms with Crippen molar-refractivity contribution in [3.05, 3.63) is 69.7 Å². The molecule has 2 aromatic carbocycles. The van der Waals surface area contributed by atoms with E-state index in [4.69, 9.17) is 28.3 Å². The zero-order chi connectivity index (χ0) is 17.5. The second kappa shape index (κ2) is 8.71. The lowest BCUT2D eigenvalue weighted by atomic mass is 10.0. The third kappa shape index (κ3) is 5.87. The first-order valence-electron chi connectivity index (χ1n) is 7.43. The van der Waals surface area contributed by atoms with E-state index in [9.17, 15) is 9.59 Å². The number of carboxylic acids is 1. The van der Waals surface area contributed by atoms with E-state index in [1.54, 1.807) is 18.2 Å². The predicted octanol–water partition coefficient (Wildman–Crippen LogP) is 3.74. The van der Waals surface area contributed by atoms with Gasteiger partial charge in [-0.2, -0.15) is 0 Å². The van der Waals surface area contributed by atoms with E-state index in [0.29, 0.717) is 16.5 Å². The summed E-state index contributed by atoms with van der Waals surface area (Å²) >= 11 is 11.9. The molecule has 0 aromatic heterocycles. The minimum atomic E-state index is -0.972. The summed E-state index contributed by atoms with van der Waals surface area (Å²) in [6, 6.07) is 13.9. The fourth-order valence-corrected chi connectivity index (χ4v) is 2.72. The van der Waals surface area contributed by atoms with Gasteiger partial charge in [-0.15, -0.1) is 0 Å². The van der Waals surface area contributed by atoms with E-state index >= 15 is 0 Å². The molecule has 0 spiro atoms.